The molecule has 0 saturated heterocycles. The molecule has 29 heavy (non-hydrogen) atoms. The molecule has 8 nitrogen and oxygen atoms in total. The standard InChI is InChI=1S/C20H19N3O5S/c1-26-17-7-15(19(21)24)16(8-18(17)27-2)23-20(25)12-4-3-5-14(6-12)28-9-13-10-29-11-22-13/h3-8,10-11H,9H2,1-2H3,(H2,21,24)(H,23,25). The molecule has 2 amide bonds. The van der Waals surface area contributed by atoms with E-state index in [0.29, 0.717) is 29.4 Å². The van der Waals surface area contributed by atoms with Gasteiger partial charge in [-0.1, -0.05) is 6.07 Å². The van der Waals surface area contributed by atoms with Gasteiger partial charge in [-0.3, -0.25) is 9.59 Å². The molecule has 0 aliphatic rings. The molecule has 2 aromatic carbocycles. The van der Waals surface area contributed by atoms with Gasteiger partial charge in [0.25, 0.3) is 11.8 Å². The van der Waals surface area contributed by atoms with Crippen molar-refractivity contribution in [1.82, 2.24) is 4.98 Å². The van der Waals surface area contributed by atoms with Crippen LogP contribution in [0.3, 0.4) is 0 Å². The van der Waals surface area contributed by atoms with Crippen LogP contribution in [0, 0.1) is 0 Å². The summed E-state index contributed by atoms with van der Waals surface area (Å²) in [5.74, 6) is 0.0680. The number of anilines is 1. The summed E-state index contributed by atoms with van der Waals surface area (Å²) in [4.78, 5) is 28.7. The number of amides is 2. The molecule has 3 rings (SSSR count). The molecular formula is C20H19N3O5S. The zero-order valence-electron chi connectivity index (χ0n) is 15.8. The third-order valence-corrected chi connectivity index (χ3v) is 4.64. The normalized spacial score (nSPS) is 10.3. The lowest BCUT2D eigenvalue weighted by Crippen LogP contribution is -2.18. The van der Waals surface area contributed by atoms with E-state index >= 15 is 0 Å². The monoisotopic (exact) mass is 413 g/mol. The molecule has 0 saturated carbocycles. The maximum Gasteiger partial charge on any atom is 0.255 e. The fraction of sp³-hybridized carbons (Fsp3) is 0.150. The van der Waals surface area contributed by atoms with Gasteiger partial charge in [-0.2, -0.15) is 0 Å². The minimum Gasteiger partial charge on any atom is -0.493 e. The predicted molar refractivity (Wildman–Crippen MR) is 109 cm³/mol. The first-order valence-electron chi connectivity index (χ1n) is 8.49. The summed E-state index contributed by atoms with van der Waals surface area (Å²) >= 11 is 1.48. The molecule has 3 aromatic rings. The number of thiazole rings is 1. The molecule has 0 spiro atoms. The highest BCUT2D eigenvalue weighted by molar-refractivity contribution is 7.07. The van der Waals surface area contributed by atoms with Crippen LogP contribution < -0.4 is 25.3 Å². The molecule has 0 atom stereocenters. The molecule has 0 aliphatic carbocycles. The van der Waals surface area contributed by atoms with Gasteiger partial charge in [0.2, 0.25) is 0 Å². The van der Waals surface area contributed by atoms with Crippen molar-refractivity contribution in [3.8, 4) is 17.2 Å². The first-order chi connectivity index (χ1) is 14.0. The minimum absolute atomic E-state index is 0.104. The van der Waals surface area contributed by atoms with Gasteiger partial charge >= 0.3 is 0 Å². The second-order valence-electron chi connectivity index (χ2n) is 5.87. The SMILES string of the molecule is COc1cc(NC(=O)c2cccc(OCc3cscn3)c2)c(C(N)=O)cc1OC. The van der Waals surface area contributed by atoms with Crippen molar-refractivity contribution >= 4 is 28.8 Å². The second kappa shape index (κ2) is 9.07. The van der Waals surface area contributed by atoms with Gasteiger partial charge in [-0.05, 0) is 24.3 Å². The fourth-order valence-corrected chi connectivity index (χ4v) is 3.12. The first-order valence-corrected chi connectivity index (χ1v) is 9.43. The molecule has 0 fully saturated rings. The molecule has 0 unspecified atom stereocenters. The number of carbonyl (C=O) groups is 2. The van der Waals surface area contributed by atoms with Crippen LogP contribution in [0.4, 0.5) is 5.69 Å². The summed E-state index contributed by atoms with van der Waals surface area (Å²) in [7, 11) is 2.90. The Morgan fingerprint density at radius 2 is 1.90 bits per heavy atom. The van der Waals surface area contributed by atoms with E-state index in [0.717, 1.165) is 5.69 Å². The van der Waals surface area contributed by atoms with Gasteiger partial charge in [0.15, 0.2) is 11.5 Å². The van der Waals surface area contributed by atoms with Crippen molar-refractivity contribution in [2.24, 2.45) is 5.73 Å². The number of primary amides is 1. The van der Waals surface area contributed by atoms with Crippen LogP contribution >= 0.6 is 11.3 Å². The fourth-order valence-electron chi connectivity index (χ4n) is 2.57. The van der Waals surface area contributed by atoms with Crippen LogP contribution in [0.5, 0.6) is 17.2 Å². The van der Waals surface area contributed by atoms with E-state index in [9.17, 15) is 9.59 Å². The van der Waals surface area contributed by atoms with Gasteiger partial charge in [-0.25, -0.2) is 4.98 Å². The van der Waals surface area contributed by atoms with Gasteiger partial charge in [0, 0.05) is 17.0 Å². The number of nitrogens with two attached hydrogens (primary N) is 1. The largest absolute Gasteiger partial charge is 0.493 e. The van der Waals surface area contributed by atoms with E-state index in [4.69, 9.17) is 19.9 Å². The van der Waals surface area contributed by atoms with E-state index in [1.165, 1.54) is 37.7 Å². The van der Waals surface area contributed by atoms with Crippen LogP contribution in [0.2, 0.25) is 0 Å². The predicted octanol–water partition coefficient (Wildman–Crippen LogP) is 3.09. The topological polar surface area (TPSA) is 113 Å². The van der Waals surface area contributed by atoms with Crippen molar-refractivity contribution in [3.05, 3.63) is 64.1 Å². The van der Waals surface area contributed by atoms with Gasteiger partial charge in [0.05, 0.1) is 36.7 Å². The molecule has 1 heterocycles. The zero-order valence-corrected chi connectivity index (χ0v) is 16.6. The van der Waals surface area contributed by atoms with Crippen LogP contribution in [-0.4, -0.2) is 31.0 Å². The average Bonchev–Trinajstić information content (AvgIpc) is 3.25. The third kappa shape index (κ3) is 4.82. The Labute approximate surface area is 171 Å². The van der Waals surface area contributed by atoms with Crippen molar-refractivity contribution in [3.63, 3.8) is 0 Å². The van der Waals surface area contributed by atoms with E-state index in [1.54, 1.807) is 29.8 Å². The Kier molecular flexibility index (Phi) is 6.30. The number of nitrogens with one attached hydrogen (secondary N) is 1. The summed E-state index contributed by atoms with van der Waals surface area (Å²) < 4.78 is 16.1. The smallest absolute Gasteiger partial charge is 0.255 e. The van der Waals surface area contributed by atoms with Crippen LogP contribution in [-0.2, 0) is 6.61 Å². The number of aromatic nitrogens is 1. The third-order valence-electron chi connectivity index (χ3n) is 4.00. The van der Waals surface area contributed by atoms with E-state index in [-0.39, 0.29) is 11.3 Å². The first kappa shape index (κ1) is 20.2. The van der Waals surface area contributed by atoms with Gasteiger partial charge in [-0.15, -0.1) is 11.3 Å². The van der Waals surface area contributed by atoms with Crippen LogP contribution in [0.1, 0.15) is 26.4 Å². The van der Waals surface area contributed by atoms with Gasteiger partial charge < -0.3 is 25.3 Å². The Morgan fingerprint density at radius 3 is 2.55 bits per heavy atom. The summed E-state index contributed by atoms with van der Waals surface area (Å²) in [6.45, 7) is 0.302. The number of hydrogen-bond donors (Lipinski definition) is 2. The Bertz CT molecular complexity index is 1020. The minimum atomic E-state index is -0.707. The molecular weight excluding hydrogens is 394 g/mol. The van der Waals surface area contributed by atoms with Crippen molar-refractivity contribution in [2.75, 3.05) is 19.5 Å². The zero-order chi connectivity index (χ0) is 20.8. The summed E-state index contributed by atoms with van der Waals surface area (Å²) in [5, 5.41) is 4.58. The molecule has 9 heteroatoms. The van der Waals surface area contributed by atoms with E-state index < -0.39 is 11.8 Å². The number of rotatable bonds is 8. The Hall–Kier alpha value is -3.59. The van der Waals surface area contributed by atoms with Gasteiger partial charge in [0.1, 0.15) is 12.4 Å². The maximum absolute atomic E-state index is 12.7. The maximum atomic E-state index is 12.7. The number of hydrogen-bond acceptors (Lipinski definition) is 7. The summed E-state index contributed by atoms with van der Waals surface area (Å²) in [5.41, 5.74) is 8.65. The summed E-state index contributed by atoms with van der Waals surface area (Å²) in [6, 6.07) is 9.59. The van der Waals surface area contributed by atoms with Crippen molar-refractivity contribution in [1.29, 1.82) is 0 Å². The lowest BCUT2D eigenvalue weighted by molar-refractivity contribution is 0.100. The Morgan fingerprint density at radius 1 is 1.14 bits per heavy atom. The number of benzene rings is 2. The molecule has 0 radical (unpaired) electrons. The second-order valence-corrected chi connectivity index (χ2v) is 6.59. The average molecular weight is 413 g/mol. The number of ether oxygens (including phenoxy) is 3. The lowest BCUT2D eigenvalue weighted by Gasteiger charge is -2.14. The van der Waals surface area contributed by atoms with E-state index in [1.807, 2.05) is 5.38 Å². The highest BCUT2D eigenvalue weighted by atomic mass is 32.1. The number of nitrogens with zero attached hydrogens (tertiary/aromatic N) is 1. The van der Waals surface area contributed by atoms with Crippen LogP contribution in [0.15, 0.2) is 47.3 Å². The molecule has 0 bridgehead atoms. The highest BCUT2D eigenvalue weighted by Gasteiger charge is 2.18. The number of carbonyl (C=O) groups excluding carboxylic acids is 2. The molecule has 3 N–H and O–H groups in total. The van der Waals surface area contributed by atoms with Crippen molar-refractivity contribution < 1.29 is 23.8 Å². The quantitative estimate of drug-likeness (QED) is 0.587. The lowest BCUT2D eigenvalue weighted by atomic mass is 10.1. The molecule has 150 valence electrons. The van der Waals surface area contributed by atoms with E-state index in [2.05, 4.69) is 10.3 Å². The molecule has 0 aliphatic heterocycles. The number of methoxy groups -OCH3 is 2. The van der Waals surface area contributed by atoms with Crippen molar-refractivity contribution in [2.45, 2.75) is 6.61 Å². The van der Waals surface area contributed by atoms with Crippen LogP contribution in [0.25, 0.3) is 0 Å². The summed E-state index contributed by atoms with van der Waals surface area (Å²) in [6.07, 6.45) is 0. The Balaban J connectivity index is 1.81. The highest BCUT2D eigenvalue weighted by Crippen LogP contribution is 2.33. The molecule has 1 aromatic heterocycles.